The Morgan fingerprint density at radius 1 is 1.17 bits per heavy atom. The quantitative estimate of drug-likeness (QED) is 0.604. The normalized spacial score (nSPS) is 19.4. The van der Waals surface area contributed by atoms with E-state index in [1.54, 1.807) is 7.11 Å². The first kappa shape index (κ1) is 19.8. The summed E-state index contributed by atoms with van der Waals surface area (Å²) >= 11 is 1.88. The van der Waals surface area contributed by atoms with Crippen LogP contribution in [0.3, 0.4) is 0 Å². The number of hydrogen-bond acceptors (Lipinski definition) is 6. The molecule has 0 radical (unpaired) electrons. The molecule has 0 saturated carbocycles. The second-order valence-corrected chi connectivity index (χ2v) is 9.42. The SMILES string of the molecule is COCCn1c(C2CCCN2Cc2nc3c(s2)CCCC3)nc2ccccc2c1=O. The molecule has 3 aromatic rings. The van der Waals surface area contributed by atoms with E-state index in [1.807, 2.05) is 40.2 Å². The molecule has 1 atom stereocenters. The molecule has 1 aromatic carbocycles. The molecule has 0 amide bonds. The maximum atomic E-state index is 13.2. The van der Waals surface area contributed by atoms with Crippen molar-refractivity contribution < 1.29 is 4.74 Å². The monoisotopic (exact) mass is 424 g/mol. The summed E-state index contributed by atoms with van der Waals surface area (Å²) in [6, 6.07) is 7.79. The summed E-state index contributed by atoms with van der Waals surface area (Å²) in [6.07, 6.45) is 6.98. The molecular weight excluding hydrogens is 396 g/mol. The molecule has 6 nitrogen and oxygen atoms in total. The largest absolute Gasteiger partial charge is 0.383 e. The van der Waals surface area contributed by atoms with Gasteiger partial charge in [0.15, 0.2) is 0 Å². The fourth-order valence-electron chi connectivity index (χ4n) is 4.79. The summed E-state index contributed by atoms with van der Waals surface area (Å²) in [6.45, 7) is 2.88. The Kier molecular flexibility index (Phi) is 5.67. The van der Waals surface area contributed by atoms with Gasteiger partial charge in [0, 0.05) is 12.0 Å². The smallest absolute Gasteiger partial charge is 0.261 e. The van der Waals surface area contributed by atoms with Crippen molar-refractivity contribution in [1.82, 2.24) is 19.4 Å². The maximum absolute atomic E-state index is 13.2. The summed E-state index contributed by atoms with van der Waals surface area (Å²) < 4.78 is 7.13. The molecule has 1 aliphatic heterocycles. The van der Waals surface area contributed by atoms with Gasteiger partial charge in [-0.15, -0.1) is 11.3 Å². The van der Waals surface area contributed by atoms with Crippen molar-refractivity contribution in [1.29, 1.82) is 0 Å². The third kappa shape index (κ3) is 3.70. The fourth-order valence-corrected chi connectivity index (χ4v) is 5.98. The number of nitrogens with zero attached hydrogens (tertiary/aromatic N) is 4. The molecule has 0 N–H and O–H groups in total. The van der Waals surface area contributed by atoms with Gasteiger partial charge >= 0.3 is 0 Å². The van der Waals surface area contributed by atoms with Crippen LogP contribution >= 0.6 is 11.3 Å². The summed E-state index contributed by atoms with van der Waals surface area (Å²) in [5.74, 6) is 0.870. The number of hydrogen-bond donors (Lipinski definition) is 0. The van der Waals surface area contributed by atoms with Gasteiger partial charge < -0.3 is 4.74 Å². The van der Waals surface area contributed by atoms with E-state index < -0.39 is 0 Å². The van der Waals surface area contributed by atoms with Crippen molar-refractivity contribution in [2.24, 2.45) is 0 Å². The summed E-state index contributed by atoms with van der Waals surface area (Å²) in [5.41, 5.74) is 2.13. The fraction of sp³-hybridized carbons (Fsp3) is 0.522. The minimum Gasteiger partial charge on any atom is -0.383 e. The Bertz CT molecular complexity index is 1080. The number of aromatic nitrogens is 3. The van der Waals surface area contributed by atoms with Crippen LogP contribution in [-0.4, -0.2) is 39.7 Å². The molecule has 2 aromatic heterocycles. The van der Waals surface area contributed by atoms with E-state index in [-0.39, 0.29) is 11.6 Å². The van der Waals surface area contributed by atoms with Gasteiger partial charge in [0.25, 0.3) is 5.56 Å². The average Bonchev–Trinajstić information content (AvgIpc) is 3.39. The van der Waals surface area contributed by atoms with E-state index in [0.717, 1.165) is 43.7 Å². The van der Waals surface area contributed by atoms with E-state index in [2.05, 4.69) is 4.90 Å². The highest BCUT2D eigenvalue weighted by molar-refractivity contribution is 7.11. The molecule has 7 heteroatoms. The zero-order valence-electron chi connectivity index (χ0n) is 17.5. The zero-order valence-corrected chi connectivity index (χ0v) is 18.3. The first-order valence-corrected chi connectivity index (χ1v) is 11.8. The van der Waals surface area contributed by atoms with E-state index >= 15 is 0 Å². The number of fused-ring (bicyclic) bond motifs is 2. The third-order valence-electron chi connectivity index (χ3n) is 6.30. The van der Waals surface area contributed by atoms with E-state index in [9.17, 15) is 4.79 Å². The number of rotatable bonds is 6. The van der Waals surface area contributed by atoms with Gasteiger partial charge in [-0.25, -0.2) is 9.97 Å². The van der Waals surface area contributed by atoms with Crippen LogP contribution in [-0.2, 0) is 30.7 Å². The first-order valence-electron chi connectivity index (χ1n) is 10.9. The van der Waals surface area contributed by atoms with Crippen LogP contribution in [0.2, 0.25) is 0 Å². The first-order chi connectivity index (χ1) is 14.7. The lowest BCUT2D eigenvalue weighted by Gasteiger charge is -2.25. The van der Waals surface area contributed by atoms with Crippen LogP contribution in [0, 0.1) is 0 Å². The van der Waals surface area contributed by atoms with Gasteiger partial charge in [-0.3, -0.25) is 14.3 Å². The number of thiazole rings is 1. The predicted octanol–water partition coefficient (Wildman–Crippen LogP) is 3.72. The molecule has 0 bridgehead atoms. The van der Waals surface area contributed by atoms with Crippen molar-refractivity contribution in [3.05, 3.63) is 56.0 Å². The highest BCUT2D eigenvalue weighted by atomic mass is 32.1. The zero-order chi connectivity index (χ0) is 20.5. The van der Waals surface area contributed by atoms with Crippen molar-refractivity contribution in [3.8, 4) is 0 Å². The molecule has 1 fully saturated rings. The van der Waals surface area contributed by atoms with E-state index in [1.165, 1.54) is 34.8 Å². The third-order valence-corrected chi connectivity index (χ3v) is 7.44. The number of ether oxygens (including phenoxy) is 1. The lowest BCUT2D eigenvalue weighted by Crippen LogP contribution is -2.33. The summed E-state index contributed by atoms with van der Waals surface area (Å²) in [7, 11) is 1.67. The number of likely N-dealkylation sites (tertiary alicyclic amines) is 1. The second-order valence-electron chi connectivity index (χ2n) is 8.25. The number of benzene rings is 1. The number of aryl methyl sites for hydroxylation is 2. The summed E-state index contributed by atoms with van der Waals surface area (Å²) in [4.78, 5) is 27.1. The van der Waals surface area contributed by atoms with Crippen LogP contribution in [0.5, 0.6) is 0 Å². The highest BCUT2D eigenvalue weighted by Crippen LogP contribution is 2.34. The molecule has 3 heterocycles. The molecule has 158 valence electrons. The van der Waals surface area contributed by atoms with Gasteiger partial charge in [0.1, 0.15) is 10.8 Å². The molecule has 1 unspecified atom stereocenters. The van der Waals surface area contributed by atoms with Gasteiger partial charge in [-0.1, -0.05) is 12.1 Å². The van der Waals surface area contributed by atoms with E-state index in [0.29, 0.717) is 18.5 Å². The van der Waals surface area contributed by atoms with Crippen LogP contribution in [0.4, 0.5) is 0 Å². The Morgan fingerprint density at radius 3 is 2.90 bits per heavy atom. The average molecular weight is 425 g/mol. The van der Waals surface area contributed by atoms with Gasteiger partial charge in [0.05, 0.1) is 42.3 Å². The molecule has 1 aliphatic carbocycles. The van der Waals surface area contributed by atoms with Crippen LogP contribution in [0.15, 0.2) is 29.1 Å². The molecule has 1 saturated heterocycles. The molecule has 2 aliphatic rings. The lowest BCUT2D eigenvalue weighted by atomic mass is 10.0. The number of para-hydroxylation sites is 1. The Labute approximate surface area is 180 Å². The number of methoxy groups -OCH3 is 1. The molecule has 0 spiro atoms. The summed E-state index contributed by atoms with van der Waals surface area (Å²) in [5, 5.41) is 1.88. The highest BCUT2D eigenvalue weighted by Gasteiger charge is 2.31. The van der Waals surface area contributed by atoms with Crippen molar-refractivity contribution in [2.45, 2.75) is 57.7 Å². The molecule has 30 heavy (non-hydrogen) atoms. The Balaban J connectivity index is 1.49. The maximum Gasteiger partial charge on any atom is 0.261 e. The van der Waals surface area contributed by atoms with Crippen molar-refractivity contribution >= 4 is 22.2 Å². The topological polar surface area (TPSA) is 60.2 Å². The van der Waals surface area contributed by atoms with Crippen LogP contribution in [0.25, 0.3) is 10.9 Å². The lowest BCUT2D eigenvalue weighted by molar-refractivity contribution is 0.178. The van der Waals surface area contributed by atoms with Crippen LogP contribution in [0.1, 0.15) is 53.1 Å². The van der Waals surface area contributed by atoms with Gasteiger partial charge in [-0.05, 0) is 57.2 Å². The van der Waals surface area contributed by atoms with Crippen LogP contribution < -0.4 is 5.56 Å². The minimum absolute atomic E-state index is 0.0317. The van der Waals surface area contributed by atoms with Gasteiger partial charge in [-0.2, -0.15) is 0 Å². The standard InChI is InChI=1S/C23H28N4O2S/c1-29-14-13-27-22(25-17-8-3-2-7-16(17)23(27)28)19-10-6-12-26(19)15-21-24-18-9-4-5-11-20(18)30-21/h2-3,7-8,19H,4-6,9-15H2,1H3. The van der Waals surface area contributed by atoms with Crippen molar-refractivity contribution in [2.75, 3.05) is 20.3 Å². The second kappa shape index (κ2) is 8.57. The van der Waals surface area contributed by atoms with Crippen molar-refractivity contribution in [3.63, 3.8) is 0 Å². The van der Waals surface area contributed by atoms with E-state index in [4.69, 9.17) is 14.7 Å². The molecular formula is C23H28N4O2S. The Morgan fingerprint density at radius 2 is 2.03 bits per heavy atom. The van der Waals surface area contributed by atoms with Gasteiger partial charge in [0.2, 0.25) is 0 Å². The molecule has 5 rings (SSSR count). The minimum atomic E-state index is 0.0317. The predicted molar refractivity (Wildman–Crippen MR) is 119 cm³/mol. The Hall–Kier alpha value is -2.09.